The van der Waals surface area contributed by atoms with Gasteiger partial charge in [0.1, 0.15) is 5.75 Å². The number of carbonyl (C=O) groups excluding carboxylic acids is 1. The van der Waals surface area contributed by atoms with E-state index < -0.39 is 0 Å². The van der Waals surface area contributed by atoms with Gasteiger partial charge in [0, 0.05) is 16.5 Å². The summed E-state index contributed by atoms with van der Waals surface area (Å²) in [5.41, 5.74) is 3.38. The molecule has 0 unspecified atom stereocenters. The third-order valence-electron chi connectivity index (χ3n) is 3.34. The number of hydrogen-bond acceptors (Lipinski definition) is 3. The van der Waals surface area contributed by atoms with Crippen molar-refractivity contribution in [2.45, 2.75) is 51.9 Å². The molecule has 0 saturated carbocycles. The number of hydrazone groups is 1. The molecule has 0 aliphatic rings. The summed E-state index contributed by atoms with van der Waals surface area (Å²) in [6.45, 7) is 2.20. The van der Waals surface area contributed by atoms with Gasteiger partial charge in [-0.15, -0.1) is 0 Å². The fraction of sp³-hybridized carbons (Fsp3) is 0.529. The Morgan fingerprint density at radius 2 is 2.00 bits per heavy atom. The topological polar surface area (TPSA) is 50.7 Å². The third-order valence-corrected chi connectivity index (χ3v) is 3.84. The van der Waals surface area contributed by atoms with Crippen molar-refractivity contribution < 1.29 is 9.53 Å². The predicted octanol–water partition coefficient (Wildman–Crippen LogP) is 4.66. The summed E-state index contributed by atoms with van der Waals surface area (Å²) in [7, 11) is 1.61. The Labute approximate surface area is 141 Å². The van der Waals surface area contributed by atoms with Gasteiger partial charge in [-0.1, -0.05) is 55.0 Å². The van der Waals surface area contributed by atoms with Crippen LogP contribution in [0.4, 0.5) is 0 Å². The molecule has 0 saturated heterocycles. The minimum absolute atomic E-state index is 0.0410. The second kappa shape index (κ2) is 11.2. The lowest BCUT2D eigenvalue weighted by Crippen LogP contribution is -2.16. The first-order valence-electron chi connectivity index (χ1n) is 7.82. The van der Waals surface area contributed by atoms with Crippen LogP contribution in [0.25, 0.3) is 0 Å². The van der Waals surface area contributed by atoms with Crippen molar-refractivity contribution in [1.29, 1.82) is 0 Å². The van der Waals surface area contributed by atoms with E-state index in [0.29, 0.717) is 6.42 Å². The Balaban J connectivity index is 2.30. The third kappa shape index (κ3) is 7.59. The molecule has 0 aliphatic carbocycles. The maximum absolute atomic E-state index is 11.7. The van der Waals surface area contributed by atoms with Crippen LogP contribution in [-0.4, -0.2) is 19.2 Å². The number of rotatable bonds is 10. The molecule has 1 rings (SSSR count). The van der Waals surface area contributed by atoms with Crippen LogP contribution in [0.3, 0.4) is 0 Å². The number of halogens is 1. The molecule has 1 aromatic rings. The molecule has 4 nitrogen and oxygen atoms in total. The van der Waals surface area contributed by atoms with E-state index in [0.717, 1.165) is 28.6 Å². The van der Waals surface area contributed by atoms with E-state index in [1.807, 2.05) is 18.2 Å². The molecule has 0 aromatic heterocycles. The van der Waals surface area contributed by atoms with Gasteiger partial charge in [-0.05, 0) is 24.6 Å². The first kappa shape index (κ1) is 18.7. The van der Waals surface area contributed by atoms with Crippen LogP contribution in [0.5, 0.6) is 5.75 Å². The van der Waals surface area contributed by atoms with Crippen molar-refractivity contribution in [3.05, 3.63) is 28.2 Å². The molecule has 5 heteroatoms. The summed E-state index contributed by atoms with van der Waals surface area (Å²) >= 11 is 3.40. The number of methoxy groups -OCH3 is 1. The average Bonchev–Trinajstić information content (AvgIpc) is 2.51. The van der Waals surface area contributed by atoms with Crippen molar-refractivity contribution in [3.8, 4) is 5.75 Å². The molecular formula is C17H25BrN2O2. The second-order valence-corrected chi connectivity index (χ2v) is 6.11. The SMILES string of the molecule is CCCCCCCCC(=O)NN=Cc1cc(Br)ccc1OC. The van der Waals surface area contributed by atoms with Crippen LogP contribution in [0, 0.1) is 0 Å². The van der Waals surface area contributed by atoms with Crippen LogP contribution < -0.4 is 10.2 Å². The maximum Gasteiger partial charge on any atom is 0.240 e. The fourth-order valence-electron chi connectivity index (χ4n) is 2.10. The Kier molecular flexibility index (Phi) is 9.55. The summed E-state index contributed by atoms with van der Waals surface area (Å²) in [6, 6.07) is 5.64. The summed E-state index contributed by atoms with van der Waals surface area (Å²) in [6.07, 6.45) is 9.15. The molecule has 22 heavy (non-hydrogen) atoms. The van der Waals surface area contributed by atoms with Gasteiger partial charge in [0.2, 0.25) is 5.91 Å². The number of hydrogen-bond donors (Lipinski definition) is 1. The second-order valence-electron chi connectivity index (χ2n) is 5.20. The lowest BCUT2D eigenvalue weighted by molar-refractivity contribution is -0.121. The number of ether oxygens (including phenoxy) is 1. The van der Waals surface area contributed by atoms with E-state index in [1.165, 1.54) is 25.7 Å². The molecule has 0 heterocycles. The number of nitrogens with zero attached hydrogens (tertiary/aromatic N) is 1. The van der Waals surface area contributed by atoms with E-state index in [9.17, 15) is 4.79 Å². The maximum atomic E-state index is 11.7. The summed E-state index contributed by atoms with van der Waals surface area (Å²) in [4.78, 5) is 11.7. The zero-order valence-electron chi connectivity index (χ0n) is 13.4. The summed E-state index contributed by atoms with van der Waals surface area (Å²) < 4.78 is 6.18. The molecule has 0 radical (unpaired) electrons. The minimum Gasteiger partial charge on any atom is -0.496 e. The smallest absolute Gasteiger partial charge is 0.240 e. The highest BCUT2D eigenvalue weighted by atomic mass is 79.9. The van der Waals surface area contributed by atoms with Gasteiger partial charge in [-0.3, -0.25) is 4.79 Å². The molecule has 1 amide bonds. The van der Waals surface area contributed by atoms with Crippen molar-refractivity contribution in [2.24, 2.45) is 5.10 Å². The summed E-state index contributed by atoms with van der Waals surface area (Å²) in [5, 5.41) is 3.99. The minimum atomic E-state index is -0.0410. The van der Waals surface area contributed by atoms with Gasteiger partial charge < -0.3 is 4.74 Å². The van der Waals surface area contributed by atoms with Gasteiger partial charge in [-0.25, -0.2) is 5.43 Å². The largest absolute Gasteiger partial charge is 0.496 e. The van der Waals surface area contributed by atoms with Crippen molar-refractivity contribution in [2.75, 3.05) is 7.11 Å². The fourth-order valence-corrected chi connectivity index (χ4v) is 2.48. The van der Waals surface area contributed by atoms with E-state index in [4.69, 9.17) is 4.74 Å². The Bertz CT molecular complexity index is 490. The lowest BCUT2D eigenvalue weighted by Gasteiger charge is -2.04. The molecule has 122 valence electrons. The van der Waals surface area contributed by atoms with Crippen LogP contribution in [0.15, 0.2) is 27.8 Å². The Hall–Kier alpha value is -1.36. The molecule has 1 aromatic carbocycles. The van der Waals surface area contributed by atoms with Gasteiger partial charge in [0.25, 0.3) is 0 Å². The standard InChI is InChI=1S/C17H25BrN2O2/c1-3-4-5-6-7-8-9-17(21)20-19-13-14-12-15(18)10-11-16(14)22-2/h10-13H,3-9H2,1-2H3,(H,20,21). The molecule has 0 aliphatic heterocycles. The zero-order valence-corrected chi connectivity index (χ0v) is 15.0. The van der Waals surface area contributed by atoms with Crippen LogP contribution in [0.1, 0.15) is 57.4 Å². The Morgan fingerprint density at radius 3 is 2.73 bits per heavy atom. The van der Waals surface area contributed by atoms with Crippen molar-refractivity contribution in [3.63, 3.8) is 0 Å². The number of benzene rings is 1. The first-order valence-corrected chi connectivity index (χ1v) is 8.62. The summed E-state index contributed by atoms with van der Waals surface area (Å²) in [5.74, 6) is 0.679. The predicted molar refractivity (Wildman–Crippen MR) is 94.4 cm³/mol. The van der Waals surface area contributed by atoms with Gasteiger partial charge in [-0.2, -0.15) is 5.10 Å². The molecule has 1 N–H and O–H groups in total. The number of nitrogens with one attached hydrogen (secondary N) is 1. The number of unbranched alkanes of at least 4 members (excludes halogenated alkanes) is 5. The van der Waals surface area contributed by atoms with Crippen LogP contribution in [-0.2, 0) is 4.79 Å². The highest BCUT2D eigenvalue weighted by molar-refractivity contribution is 9.10. The van der Waals surface area contributed by atoms with Gasteiger partial charge in [0.05, 0.1) is 13.3 Å². The van der Waals surface area contributed by atoms with Gasteiger partial charge >= 0.3 is 0 Å². The lowest BCUT2D eigenvalue weighted by atomic mass is 10.1. The number of amides is 1. The monoisotopic (exact) mass is 368 g/mol. The van der Waals surface area contributed by atoms with E-state index in [-0.39, 0.29) is 5.91 Å². The molecule has 0 fully saturated rings. The van der Waals surface area contributed by atoms with Crippen molar-refractivity contribution in [1.82, 2.24) is 5.43 Å². The highest BCUT2D eigenvalue weighted by Gasteiger charge is 2.02. The molecular weight excluding hydrogens is 344 g/mol. The normalized spacial score (nSPS) is 10.9. The molecule has 0 bridgehead atoms. The van der Waals surface area contributed by atoms with Crippen LogP contribution in [0.2, 0.25) is 0 Å². The number of carbonyl (C=O) groups is 1. The molecule has 0 atom stereocenters. The van der Waals surface area contributed by atoms with Gasteiger partial charge in [0.15, 0.2) is 0 Å². The zero-order chi connectivity index (χ0) is 16.2. The first-order chi connectivity index (χ1) is 10.7. The van der Waals surface area contributed by atoms with Crippen LogP contribution >= 0.6 is 15.9 Å². The Morgan fingerprint density at radius 1 is 1.27 bits per heavy atom. The van der Waals surface area contributed by atoms with Crippen molar-refractivity contribution >= 4 is 28.1 Å². The average molecular weight is 369 g/mol. The molecule has 0 spiro atoms. The van der Waals surface area contributed by atoms with E-state index in [2.05, 4.69) is 33.4 Å². The quantitative estimate of drug-likeness (QED) is 0.371. The van der Waals surface area contributed by atoms with E-state index >= 15 is 0 Å². The highest BCUT2D eigenvalue weighted by Crippen LogP contribution is 2.21. The van der Waals surface area contributed by atoms with E-state index in [1.54, 1.807) is 13.3 Å².